The van der Waals surface area contributed by atoms with Gasteiger partial charge in [-0.3, -0.25) is 9.59 Å². The minimum Gasteiger partial charge on any atom is -0.469 e. The van der Waals surface area contributed by atoms with Crippen LogP contribution in [0.15, 0.2) is 16.7 Å². The zero-order valence-corrected chi connectivity index (χ0v) is 10.5. The molecule has 0 aliphatic carbocycles. The Morgan fingerprint density at radius 1 is 1.44 bits per heavy atom. The number of hydrogen-bond acceptors (Lipinski definition) is 4. The minimum atomic E-state index is -0.450. The van der Waals surface area contributed by atoms with E-state index in [0.29, 0.717) is 24.3 Å². The molecule has 0 radical (unpaired) electrons. The van der Waals surface area contributed by atoms with Gasteiger partial charge in [0.2, 0.25) is 5.91 Å². The van der Waals surface area contributed by atoms with E-state index in [9.17, 15) is 9.59 Å². The molecule has 1 aromatic heterocycles. The Hall–Kier alpha value is -1.82. The summed E-state index contributed by atoms with van der Waals surface area (Å²) in [5.41, 5.74) is 0.423. The van der Waals surface area contributed by atoms with Gasteiger partial charge in [0.05, 0.1) is 24.5 Å². The number of aliphatic hydroxyl groups is 1. The van der Waals surface area contributed by atoms with Crippen molar-refractivity contribution in [3.8, 4) is 0 Å². The van der Waals surface area contributed by atoms with E-state index in [4.69, 9.17) is 9.52 Å². The molecule has 0 saturated carbocycles. The lowest BCUT2D eigenvalue weighted by Crippen LogP contribution is -2.37. The van der Waals surface area contributed by atoms with E-state index in [1.807, 2.05) is 0 Å². The molecular formula is C12H18N2O4. The number of hydrogen-bond donors (Lipinski definition) is 3. The van der Waals surface area contributed by atoms with Crippen LogP contribution < -0.4 is 10.6 Å². The van der Waals surface area contributed by atoms with E-state index in [1.165, 1.54) is 6.26 Å². The summed E-state index contributed by atoms with van der Waals surface area (Å²) in [5.74, 6) is -0.112. The van der Waals surface area contributed by atoms with Crippen molar-refractivity contribution < 1.29 is 19.1 Å². The van der Waals surface area contributed by atoms with Crippen LogP contribution in [0.1, 0.15) is 29.5 Å². The predicted octanol–water partition coefficient (Wildman–Crippen LogP) is 0.205. The molecule has 0 saturated heterocycles. The number of furan rings is 1. The molecule has 0 spiro atoms. The Balaban J connectivity index is 2.26. The molecule has 0 aromatic carbocycles. The summed E-state index contributed by atoms with van der Waals surface area (Å²) < 4.78 is 4.99. The number of aliphatic hydroxyl groups excluding tert-OH is 1. The van der Waals surface area contributed by atoms with Crippen LogP contribution in [0.4, 0.5) is 0 Å². The van der Waals surface area contributed by atoms with Gasteiger partial charge in [0.1, 0.15) is 5.76 Å². The molecule has 2 amide bonds. The topological polar surface area (TPSA) is 91.6 Å². The molecule has 1 unspecified atom stereocenters. The third-order valence-corrected chi connectivity index (χ3v) is 2.40. The fraction of sp³-hybridized carbons (Fsp3) is 0.500. The Labute approximate surface area is 105 Å². The highest BCUT2D eigenvalue weighted by atomic mass is 16.3. The van der Waals surface area contributed by atoms with Gasteiger partial charge in [0.25, 0.3) is 5.91 Å². The summed E-state index contributed by atoms with van der Waals surface area (Å²) in [5, 5.41) is 14.1. The molecule has 1 rings (SSSR count). The van der Waals surface area contributed by atoms with Crippen LogP contribution in [0.2, 0.25) is 0 Å². The average molecular weight is 254 g/mol. The number of aryl methyl sites for hydroxylation is 1. The van der Waals surface area contributed by atoms with Crippen molar-refractivity contribution in [3.63, 3.8) is 0 Å². The van der Waals surface area contributed by atoms with Gasteiger partial charge in [-0.15, -0.1) is 0 Å². The Morgan fingerprint density at radius 2 is 2.17 bits per heavy atom. The van der Waals surface area contributed by atoms with Crippen LogP contribution in [-0.2, 0) is 4.79 Å². The summed E-state index contributed by atoms with van der Waals surface area (Å²) in [6.07, 6.45) is 1.46. The first-order valence-corrected chi connectivity index (χ1v) is 5.77. The van der Waals surface area contributed by atoms with Gasteiger partial charge in [0, 0.05) is 6.54 Å². The van der Waals surface area contributed by atoms with Gasteiger partial charge < -0.3 is 20.2 Å². The molecule has 0 aliphatic rings. The monoisotopic (exact) mass is 254 g/mol. The summed E-state index contributed by atoms with van der Waals surface area (Å²) in [6.45, 7) is 3.62. The highest BCUT2D eigenvalue weighted by Gasteiger charge is 2.12. The van der Waals surface area contributed by atoms with Gasteiger partial charge in [-0.2, -0.15) is 0 Å². The van der Waals surface area contributed by atoms with Crippen LogP contribution in [0.25, 0.3) is 0 Å². The van der Waals surface area contributed by atoms with Gasteiger partial charge in [-0.25, -0.2) is 0 Å². The molecule has 0 bridgehead atoms. The molecule has 0 fully saturated rings. The lowest BCUT2D eigenvalue weighted by Gasteiger charge is -2.07. The predicted molar refractivity (Wildman–Crippen MR) is 65.1 cm³/mol. The molecule has 3 N–H and O–H groups in total. The molecule has 1 aromatic rings. The van der Waals surface area contributed by atoms with E-state index in [2.05, 4.69) is 10.6 Å². The lowest BCUT2D eigenvalue weighted by atomic mass is 10.2. The minimum absolute atomic E-state index is 0.0940. The van der Waals surface area contributed by atoms with Gasteiger partial charge in [-0.05, 0) is 26.3 Å². The van der Waals surface area contributed by atoms with E-state index in [0.717, 1.165) is 0 Å². The van der Waals surface area contributed by atoms with Crippen LogP contribution in [0.5, 0.6) is 0 Å². The number of nitrogens with one attached hydrogen (secondary N) is 2. The number of amides is 2. The van der Waals surface area contributed by atoms with E-state index in [1.54, 1.807) is 19.9 Å². The Bertz CT molecular complexity index is 412. The van der Waals surface area contributed by atoms with Crippen molar-refractivity contribution in [3.05, 3.63) is 23.7 Å². The van der Waals surface area contributed by atoms with Crippen molar-refractivity contribution in [2.45, 2.75) is 26.4 Å². The van der Waals surface area contributed by atoms with Crippen molar-refractivity contribution in [2.24, 2.45) is 0 Å². The zero-order valence-electron chi connectivity index (χ0n) is 10.5. The Morgan fingerprint density at radius 3 is 2.72 bits per heavy atom. The molecule has 18 heavy (non-hydrogen) atoms. The maximum Gasteiger partial charge on any atom is 0.255 e. The van der Waals surface area contributed by atoms with E-state index in [-0.39, 0.29) is 18.4 Å². The average Bonchev–Trinajstić information content (AvgIpc) is 2.72. The molecule has 100 valence electrons. The summed E-state index contributed by atoms with van der Waals surface area (Å²) in [7, 11) is 0. The smallest absolute Gasteiger partial charge is 0.255 e. The lowest BCUT2D eigenvalue weighted by molar-refractivity contribution is -0.120. The van der Waals surface area contributed by atoms with Crippen molar-refractivity contribution >= 4 is 11.8 Å². The van der Waals surface area contributed by atoms with Gasteiger partial charge in [-0.1, -0.05) is 0 Å². The fourth-order valence-corrected chi connectivity index (χ4v) is 1.36. The zero-order chi connectivity index (χ0) is 13.5. The normalized spacial score (nSPS) is 11.9. The number of rotatable bonds is 6. The molecular weight excluding hydrogens is 236 g/mol. The van der Waals surface area contributed by atoms with Gasteiger partial charge >= 0.3 is 0 Å². The van der Waals surface area contributed by atoms with Crippen molar-refractivity contribution in [1.82, 2.24) is 10.6 Å². The largest absolute Gasteiger partial charge is 0.469 e. The summed E-state index contributed by atoms with van der Waals surface area (Å²) in [6, 6.07) is 1.55. The second-order valence-electron chi connectivity index (χ2n) is 4.06. The molecule has 6 heteroatoms. The summed E-state index contributed by atoms with van der Waals surface area (Å²) >= 11 is 0. The Kier molecular flexibility index (Phi) is 5.38. The highest BCUT2D eigenvalue weighted by Crippen LogP contribution is 2.07. The van der Waals surface area contributed by atoms with E-state index >= 15 is 0 Å². The quantitative estimate of drug-likeness (QED) is 0.676. The van der Waals surface area contributed by atoms with Crippen LogP contribution in [0, 0.1) is 6.92 Å². The maximum absolute atomic E-state index is 11.6. The van der Waals surface area contributed by atoms with E-state index < -0.39 is 6.10 Å². The number of carbonyl (C=O) groups excluding carboxylic acids is 2. The fourth-order valence-electron chi connectivity index (χ4n) is 1.36. The maximum atomic E-state index is 11.6. The number of carbonyl (C=O) groups is 2. The third-order valence-electron chi connectivity index (χ3n) is 2.40. The summed E-state index contributed by atoms with van der Waals surface area (Å²) in [4.78, 5) is 23.0. The molecule has 0 aliphatic heterocycles. The van der Waals surface area contributed by atoms with Crippen molar-refractivity contribution in [2.75, 3.05) is 13.1 Å². The van der Waals surface area contributed by atoms with Crippen LogP contribution in [-0.4, -0.2) is 36.1 Å². The molecule has 6 nitrogen and oxygen atoms in total. The second kappa shape index (κ2) is 6.80. The highest BCUT2D eigenvalue weighted by molar-refractivity contribution is 5.97. The van der Waals surface area contributed by atoms with Crippen LogP contribution in [0.3, 0.4) is 0 Å². The molecule has 1 atom stereocenters. The molecule has 1 heterocycles. The first kappa shape index (κ1) is 14.2. The van der Waals surface area contributed by atoms with Crippen LogP contribution >= 0.6 is 0 Å². The van der Waals surface area contributed by atoms with Crippen molar-refractivity contribution in [1.29, 1.82) is 0 Å². The first-order chi connectivity index (χ1) is 8.50. The SMILES string of the molecule is Cc1occc1C(=O)NCC(=O)NCCC(C)O. The third kappa shape index (κ3) is 4.58. The van der Waals surface area contributed by atoms with Gasteiger partial charge in [0.15, 0.2) is 0 Å². The first-order valence-electron chi connectivity index (χ1n) is 5.77. The standard InChI is InChI=1S/C12H18N2O4/c1-8(15)3-5-13-11(16)7-14-12(17)10-4-6-18-9(10)2/h4,6,8,15H,3,5,7H2,1-2H3,(H,13,16)(H,14,17). The second-order valence-corrected chi connectivity index (χ2v) is 4.06.